The number of hydrogen-bond acceptors (Lipinski definition) is 6. The normalized spacial score (nSPS) is 12.3. The fourth-order valence-corrected chi connectivity index (χ4v) is 1.93. The molecule has 18 heavy (non-hydrogen) atoms. The van der Waals surface area contributed by atoms with E-state index in [2.05, 4.69) is 20.8 Å². The average molecular weight is 286 g/mol. The van der Waals surface area contributed by atoms with Crippen LogP contribution in [0.5, 0.6) is 0 Å². The third kappa shape index (κ3) is 2.71. The molecule has 0 aliphatic heterocycles. The van der Waals surface area contributed by atoms with Gasteiger partial charge >= 0.3 is 108 Å². The Balaban J connectivity index is 2.33. The fourth-order valence-electron chi connectivity index (χ4n) is 1.48. The van der Waals surface area contributed by atoms with Crippen LogP contribution in [0, 0.1) is 5.81 Å². The molecule has 1 unspecified atom stereocenters. The zero-order chi connectivity index (χ0) is 13.1. The van der Waals surface area contributed by atoms with Crippen LogP contribution in [-0.4, -0.2) is 25.6 Å². The van der Waals surface area contributed by atoms with Crippen molar-refractivity contribution in [1.29, 1.82) is 0 Å². The Morgan fingerprint density at radius 2 is 2.44 bits per heavy atom. The monoisotopic (exact) mass is 285 g/mol. The second-order valence-corrected chi connectivity index (χ2v) is 4.28. The molecule has 0 bridgehead atoms. The molecule has 0 saturated heterocycles. The molecule has 94 valence electrons. The minimum atomic E-state index is -0.290. The first-order chi connectivity index (χ1) is 8.61. The Hall–Kier alpha value is -1.39. The zero-order valence-electron chi connectivity index (χ0n) is 9.37. The van der Waals surface area contributed by atoms with Gasteiger partial charge in [-0.3, -0.25) is 0 Å². The summed E-state index contributed by atoms with van der Waals surface area (Å²) in [6.07, 6.45) is 1.33. The van der Waals surface area contributed by atoms with Crippen LogP contribution in [0.1, 0.15) is 6.92 Å². The Morgan fingerprint density at radius 1 is 1.67 bits per heavy atom. The van der Waals surface area contributed by atoms with Crippen molar-refractivity contribution in [3.05, 3.63) is 11.5 Å². The van der Waals surface area contributed by atoms with Gasteiger partial charge in [0.15, 0.2) is 0 Å². The topological polar surface area (TPSA) is 95.9 Å². The Morgan fingerprint density at radius 3 is 3.17 bits per heavy atom. The summed E-state index contributed by atoms with van der Waals surface area (Å²) in [6, 6.07) is 0. The molecule has 7 nitrogen and oxygen atoms in total. The number of nitrogens with zero attached hydrogens (tertiary/aromatic N) is 4. The summed E-state index contributed by atoms with van der Waals surface area (Å²) < 4.78 is 17.0. The van der Waals surface area contributed by atoms with Crippen molar-refractivity contribution >= 4 is 36.6 Å². The van der Waals surface area contributed by atoms with Gasteiger partial charge in [-0.05, 0) is 0 Å². The summed E-state index contributed by atoms with van der Waals surface area (Å²) in [5, 5.41) is 0.209. The van der Waals surface area contributed by atoms with E-state index in [1.54, 1.807) is 17.8 Å². The molecule has 0 amide bonds. The van der Waals surface area contributed by atoms with Gasteiger partial charge in [0.1, 0.15) is 0 Å². The molecule has 0 saturated carbocycles. The standard InChI is InChI=1S/C9H9ClN5O2P/c1-5(17-4-18-16)2-15-3-12-6-7(10)13-9(11)14-8(6)15/h3,5H,2H2,1H3,(H2,11,13,14). The summed E-state index contributed by atoms with van der Waals surface area (Å²) in [5.74, 6) is 2.31. The van der Waals surface area contributed by atoms with Crippen molar-refractivity contribution in [2.75, 3.05) is 5.73 Å². The fraction of sp³-hybridized carbons (Fsp3) is 0.333. The van der Waals surface area contributed by atoms with E-state index < -0.39 is 0 Å². The number of halogens is 1. The van der Waals surface area contributed by atoms with Crippen LogP contribution in [-0.2, 0) is 15.8 Å². The van der Waals surface area contributed by atoms with Gasteiger partial charge in [-0.1, -0.05) is 0 Å². The number of aromatic nitrogens is 4. The SMILES string of the molecule is CC(Cn1cnc2c(Cl)nc(N)nc21)OC#P=O. The van der Waals surface area contributed by atoms with E-state index in [1.165, 1.54) is 0 Å². The molecule has 0 fully saturated rings. The average Bonchev–Trinajstić information content (AvgIpc) is 2.70. The van der Waals surface area contributed by atoms with Crippen molar-refractivity contribution in [2.45, 2.75) is 19.6 Å². The van der Waals surface area contributed by atoms with Gasteiger partial charge in [0.25, 0.3) is 0 Å². The second kappa shape index (κ2) is 5.50. The number of ether oxygens (including phenoxy) is 1. The molecule has 9 heteroatoms. The molecule has 0 aliphatic rings. The first kappa shape index (κ1) is 13.1. The van der Waals surface area contributed by atoms with Crippen molar-refractivity contribution in [3.63, 3.8) is 0 Å². The predicted octanol–water partition coefficient (Wildman–Crippen LogP) is 1.68. The predicted molar refractivity (Wildman–Crippen MR) is 66.8 cm³/mol. The van der Waals surface area contributed by atoms with Crippen LogP contribution in [0.3, 0.4) is 0 Å². The van der Waals surface area contributed by atoms with Crippen LogP contribution in [0.2, 0.25) is 5.15 Å². The van der Waals surface area contributed by atoms with Gasteiger partial charge in [-0.15, -0.1) is 0 Å². The van der Waals surface area contributed by atoms with E-state index >= 15 is 0 Å². The first-order valence-electron chi connectivity index (χ1n) is 4.98. The Labute approximate surface area is 108 Å². The number of hydrogen-bond donors (Lipinski definition) is 1. The minimum absolute atomic E-state index is 0.0824. The summed E-state index contributed by atoms with van der Waals surface area (Å²) in [6.45, 7) is 2.25. The van der Waals surface area contributed by atoms with Crippen LogP contribution in [0.25, 0.3) is 11.2 Å². The van der Waals surface area contributed by atoms with Crippen molar-refractivity contribution < 1.29 is 9.30 Å². The van der Waals surface area contributed by atoms with Gasteiger partial charge in [0.05, 0.1) is 0 Å². The molecule has 2 aromatic heterocycles. The number of imidazole rings is 1. The van der Waals surface area contributed by atoms with Crippen LogP contribution >= 0.6 is 19.5 Å². The van der Waals surface area contributed by atoms with Gasteiger partial charge < -0.3 is 0 Å². The van der Waals surface area contributed by atoms with Gasteiger partial charge in [-0.25, -0.2) is 0 Å². The molecule has 0 radical (unpaired) electrons. The maximum absolute atomic E-state index is 10.2. The summed E-state index contributed by atoms with van der Waals surface area (Å²) in [4.78, 5) is 12.0. The van der Waals surface area contributed by atoms with E-state index in [9.17, 15) is 4.57 Å². The van der Waals surface area contributed by atoms with Gasteiger partial charge in [0.2, 0.25) is 0 Å². The maximum atomic E-state index is 10.2. The molecule has 1 atom stereocenters. The van der Waals surface area contributed by atoms with E-state index in [-0.39, 0.29) is 25.1 Å². The molecule has 2 heterocycles. The quantitative estimate of drug-likeness (QED) is 0.681. The van der Waals surface area contributed by atoms with E-state index in [4.69, 9.17) is 22.1 Å². The molecule has 0 aromatic carbocycles. The Kier molecular flexibility index (Phi) is 3.99. The summed E-state index contributed by atoms with van der Waals surface area (Å²) in [5.41, 5.74) is 6.54. The number of nitrogens with two attached hydrogens (primary N) is 1. The molecule has 2 N–H and O–H groups in total. The molecule has 2 rings (SSSR count). The number of rotatable bonds is 3. The van der Waals surface area contributed by atoms with Crippen molar-refractivity contribution in [2.24, 2.45) is 0 Å². The van der Waals surface area contributed by atoms with Crippen LogP contribution < -0.4 is 5.73 Å². The third-order valence-electron chi connectivity index (χ3n) is 2.18. The van der Waals surface area contributed by atoms with E-state index in [0.717, 1.165) is 0 Å². The van der Waals surface area contributed by atoms with E-state index in [0.29, 0.717) is 17.7 Å². The van der Waals surface area contributed by atoms with Crippen LogP contribution in [0.15, 0.2) is 6.33 Å². The molecule has 0 aliphatic carbocycles. The molecular weight excluding hydrogens is 277 g/mol. The van der Waals surface area contributed by atoms with Crippen molar-refractivity contribution in [3.8, 4) is 5.81 Å². The summed E-state index contributed by atoms with van der Waals surface area (Å²) in [7, 11) is -0.290. The Bertz CT molecular complexity index is 683. The molecule has 0 spiro atoms. The number of nitrogen functional groups attached to an aromatic ring is 1. The second-order valence-electron chi connectivity index (χ2n) is 3.55. The van der Waals surface area contributed by atoms with Crippen molar-refractivity contribution in [1.82, 2.24) is 19.5 Å². The third-order valence-corrected chi connectivity index (χ3v) is 2.63. The number of fused-ring (bicyclic) bond motifs is 1. The number of anilines is 1. The van der Waals surface area contributed by atoms with E-state index in [1.807, 2.05) is 0 Å². The van der Waals surface area contributed by atoms with Gasteiger partial charge in [-0.2, -0.15) is 0 Å². The molecule has 2 aromatic rings. The zero-order valence-corrected chi connectivity index (χ0v) is 11.0. The first-order valence-corrected chi connectivity index (χ1v) is 6.17. The molecular formula is C9H9ClN5O2P. The summed E-state index contributed by atoms with van der Waals surface area (Å²) >= 11 is 5.90. The van der Waals surface area contributed by atoms with Crippen LogP contribution in [0.4, 0.5) is 5.95 Å². The van der Waals surface area contributed by atoms with Gasteiger partial charge in [0, 0.05) is 0 Å².